The summed E-state index contributed by atoms with van der Waals surface area (Å²) in [6.45, 7) is 5.99. The minimum atomic E-state index is -0.865. The predicted octanol–water partition coefficient (Wildman–Crippen LogP) is 4.56. The van der Waals surface area contributed by atoms with Gasteiger partial charge in [0.25, 0.3) is 0 Å². The van der Waals surface area contributed by atoms with Crippen LogP contribution >= 0.6 is 11.3 Å². The van der Waals surface area contributed by atoms with Crippen LogP contribution in [0.2, 0.25) is 0 Å². The Morgan fingerprint density at radius 1 is 1.23 bits per heavy atom. The van der Waals surface area contributed by atoms with Gasteiger partial charge in [-0.15, -0.1) is 21.5 Å². The molecule has 0 N–H and O–H groups in total. The molecular formula is C23H27FN4O2S. The summed E-state index contributed by atoms with van der Waals surface area (Å²) in [6.07, 6.45) is 2.44. The van der Waals surface area contributed by atoms with Crippen molar-refractivity contribution in [1.82, 2.24) is 15.1 Å². The monoisotopic (exact) mass is 442 g/mol. The number of rotatable bonds is 7. The molecule has 0 atom stereocenters. The number of benzene rings is 1. The van der Waals surface area contributed by atoms with Crippen molar-refractivity contribution in [2.24, 2.45) is 0 Å². The maximum absolute atomic E-state index is 14.9. The highest BCUT2D eigenvalue weighted by atomic mass is 32.1. The van der Waals surface area contributed by atoms with Gasteiger partial charge in [-0.05, 0) is 42.8 Å². The summed E-state index contributed by atoms with van der Waals surface area (Å²) >= 11 is 1.77. The van der Waals surface area contributed by atoms with Crippen LogP contribution in [0, 0.1) is 12.7 Å². The van der Waals surface area contributed by atoms with E-state index in [-0.39, 0.29) is 18.0 Å². The van der Waals surface area contributed by atoms with E-state index in [1.165, 1.54) is 10.9 Å². The first-order chi connectivity index (χ1) is 15.0. The van der Waals surface area contributed by atoms with Gasteiger partial charge in [0, 0.05) is 37.9 Å². The lowest BCUT2D eigenvalue weighted by Crippen LogP contribution is -2.56. The minimum absolute atomic E-state index is 0.159. The van der Waals surface area contributed by atoms with Crippen LogP contribution in [0.25, 0.3) is 0 Å². The van der Waals surface area contributed by atoms with Gasteiger partial charge >= 0.3 is 0 Å². The normalized spacial score (nSPS) is 16.4. The second-order valence-electron chi connectivity index (χ2n) is 7.86. The molecule has 1 amide bonds. The average Bonchev–Trinajstić information content (AvgIpc) is 3.46. The molecule has 3 aromatic rings. The van der Waals surface area contributed by atoms with E-state index in [0.29, 0.717) is 24.6 Å². The molecule has 1 saturated heterocycles. The topological polar surface area (TPSA) is 62.5 Å². The van der Waals surface area contributed by atoms with E-state index < -0.39 is 11.4 Å². The standard InChI is InChI=1S/C23H27FN4O2S/c1-3-21(29)28(20-9-5-4-8-19(20)24)23(22-26-25-17(2)30-22)11-14-27(15-12-23)13-10-18-7-6-16-31-18/h4-9,16H,3,10-15H2,1-2H3. The molecule has 0 saturated carbocycles. The van der Waals surface area contributed by atoms with Crippen LogP contribution < -0.4 is 4.90 Å². The fourth-order valence-electron chi connectivity index (χ4n) is 4.28. The van der Waals surface area contributed by atoms with Crippen molar-refractivity contribution in [1.29, 1.82) is 0 Å². The summed E-state index contributed by atoms with van der Waals surface area (Å²) in [5.41, 5.74) is -0.604. The summed E-state index contributed by atoms with van der Waals surface area (Å²) in [7, 11) is 0. The minimum Gasteiger partial charge on any atom is -0.423 e. The average molecular weight is 443 g/mol. The van der Waals surface area contributed by atoms with Gasteiger partial charge in [0.05, 0.1) is 5.69 Å². The fraction of sp³-hybridized carbons (Fsp3) is 0.435. The number of hydrogen-bond donors (Lipinski definition) is 0. The van der Waals surface area contributed by atoms with Gasteiger partial charge in [-0.25, -0.2) is 4.39 Å². The van der Waals surface area contributed by atoms with Crippen molar-refractivity contribution in [3.63, 3.8) is 0 Å². The van der Waals surface area contributed by atoms with Crippen molar-refractivity contribution >= 4 is 22.9 Å². The summed E-state index contributed by atoms with van der Waals surface area (Å²) in [5.74, 6) is 0.230. The molecular weight excluding hydrogens is 415 g/mol. The number of piperidine rings is 1. The lowest BCUT2D eigenvalue weighted by Gasteiger charge is -2.46. The van der Waals surface area contributed by atoms with E-state index in [0.717, 1.165) is 26.1 Å². The Balaban J connectivity index is 1.65. The van der Waals surface area contributed by atoms with Crippen LogP contribution in [0.3, 0.4) is 0 Å². The number of hydrogen-bond acceptors (Lipinski definition) is 6. The Labute approximate surface area is 185 Å². The van der Waals surface area contributed by atoms with E-state index in [9.17, 15) is 9.18 Å². The molecule has 0 aliphatic carbocycles. The number of nitrogens with zero attached hydrogens (tertiary/aromatic N) is 4. The van der Waals surface area contributed by atoms with Gasteiger partial charge in [0.15, 0.2) is 0 Å². The smallest absolute Gasteiger partial charge is 0.242 e. The van der Waals surface area contributed by atoms with E-state index in [1.807, 2.05) is 0 Å². The molecule has 1 aliphatic rings. The highest BCUT2D eigenvalue weighted by Gasteiger charge is 2.48. The number of carbonyl (C=O) groups excluding carboxylic acids is 1. The Morgan fingerprint density at radius 2 is 2.00 bits per heavy atom. The summed E-state index contributed by atoms with van der Waals surface area (Å²) in [5, 5.41) is 10.4. The van der Waals surface area contributed by atoms with Crippen LogP contribution in [-0.4, -0.2) is 40.6 Å². The van der Waals surface area contributed by atoms with Crippen molar-refractivity contribution in [2.75, 3.05) is 24.5 Å². The Morgan fingerprint density at radius 3 is 2.61 bits per heavy atom. The van der Waals surface area contributed by atoms with E-state index in [2.05, 4.69) is 32.6 Å². The lowest BCUT2D eigenvalue weighted by molar-refractivity contribution is -0.120. The molecule has 3 heterocycles. The molecule has 0 spiro atoms. The third-order valence-electron chi connectivity index (χ3n) is 5.94. The molecule has 0 radical (unpaired) electrons. The number of aryl methyl sites for hydroxylation is 1. The fourth-order valence-corrected chi connectivity index (χ4v) is 4.98. The maximum atomic E-state index is 14.9. The summed E-state index contributed by atoms with van der Waals surface area (Å²) < 4.78 is 20.7. The first-order valence-electron chi connectivity index (χ1n) is 10.7. The molecule has 2 aromatic heterocycles. The number of para-hydroxylation sites is 1. The lowest BCUT2D eigenvalue weighted by atomic mass is 9.84. The highest BCUT2D eigenvalue weighted by Crippen LogP contribution is 2.42. The van der Waals surface area contributed by atoms with Gasteiger partial charge < -0.3 is 9.32 Å². The van der Waals surface area contributed by atoms with Crippen LogP contribution in [0.1, 0.15) is 42.8 Å². The molecule has 1 fully saturated rings. The largest absolute Gasteiger partial charge is 0.423 e. The number of anilines is 1. The number of halogens is 1. The van der Waals surface area contributed by atoms with E-state index in [1.54, 1.807) is 48.3 Å². The molecule has 4 rings (SSSR count). The van der Waals surface area contributed by atoms with Gasteiger partial charge in [0.1, 0.15) is 11.4 Å². The molecule has 0 unspecified atom stereocenters. The van der Waals surface area contributed by atoms with Crippen molar-refractivity contribution < 1.29 is 13.6 Å². The van der Waals surface area contributed by atoms with E-state index in [4.69, 9.17) is 4.42 Å². The molecule has 6 nitrogen and oxygen atoms in total. The van der Waals surface area contributed by atoms with Crippen LogP contribution in [0.15, 0.2) is 46.2 Å². The third kappa shape index (κ3) is 4.41. The predicted molar refractivity (Wildman–Crippen MR) is 119 cm³/mol. The van der Waals surface area contributed by atoms with Gasteiger partial charge in [-0.3, -0.25) is 9.69 Å². The zero-order valence-electron chi connectivity index (χ0n) is 17.9. The highest BCUT2D eigenvalue weighted by molar-refractivity contribution is 7.09. The second-order valence-corrected chi connectivity index (χ2v) is 8.90. The zero-order chi connectivity index (χ0) is 21.8. The van der Waals surface area contributed by atoms with Crippen molar-refractivity contribution in [3.05, 3.63) is 64.3 Å². The van der Waals surface area contributed by atoms with E-state index >= 15 is 0 Å². The molecule has 164 valence electrons. The van der Waals surface area contributed by atoms with Crippen LogP contribution in [0.4, 0.5) is 10.1 Å². The molecule has 1 aromatic carbocycles. The maximum Gasteiger partial charge on any atom is 0.242 e. The number of carbonyl (C=O) groups is 1. The number of aromatic nitrogens is 2. The molecule has 0 bridgehead atoms. The van der Waals surface area contributed by atoms with Crippen molar-refractivity contribution in [3.8, 4) is 0 Å². The Bertz CT molecular complexity index is 1010. The second kappa shape index (κ2) is 9.28. The molecule has 8 heteroatoms. The third-order valence-corrected chi connectivity index (χ3v) is 6.87. The van der Waals surface area contributed by atoms with Gasteiger partial charge in [-0.2, -0.15) is 0 Å². The first kappa shape index (κ1) is 21.6. The molecule has 31 heavy (non-hydrogen) atoms. The van der Waals surface area contributed by atoms with Crippen molar-refractivity contribution in [2.45, 2.75) is 45.1 Å². The number of amides is 1. The summed E-state index contributed by atoms with van der Waals surface area (Å²) in [6, 6.07) is 10.6. The first-order valence-corrected chi connectivity index (χ1v) is 11.5. The Hall–Kier alpha value is -2.58. The quantitative estimate of drug-likeness (QED) is 0.537. The Kier molecular flexibility index (Phi) is 6.48. The van der Waals surface area contributed by atoms with Crippen LogP contribution in [-0.2, 0) is 16.8 Å². The summed E-state index contributed by atoms with van der Waals surface area (Å²) in [4.78, 5) is 18.5. The van der Waals surface area contributed by atoms with Gasteiger partial charge in [0.2, 0.25) is 17.7 Å². The zero-order valence-corrected chi connectivity index (χ0v) is 18.7. The van der Waals surface area contributed by atoms with Crippen LogP contribution in [0.5, 0.6) is 0 Å². The molecule has 1 aliphatic heterocycles. The number of likely N-dealkylation sites (tertiary alicyclic amines) is 1. The van der Waals surface area contributed by atoms with Gasteiger partial charge in [-0.1, -0.05) is 25.1 Å². The SMILES string of the molecule is CCC(=O)N(c1ccccc1F)C1(c2nnc(C)o2)CCN(CCc2cccs2)CC1. The number of thiophene rings is 1.